The Morgan fingerprint density at radius 2 is 2.08 bits per heavy atom. The van der Waals surface area contributed by atoms with Gasteiger partial charge in [-0.3, -0.25) is 14.0 Å². The first-order chi connectivity index (χ1) is 12.0. The number of fused-ring (bicyclic) bond motifs is 3. The van der Waals surface area contributed by atoms with Gasteiger partial charge < -0.3 is 10.2 Å². The van der Waals surface area contributed by atoms with Gasteiger partial charge in [0, 0.05) is 13.1 Å². The molecule has 25 heavy (non-hydrogen) atoms. The van der Waals surface area contributed by atoms with Crippen LogP contribution in [-0.2, 0) is 11.3 Å². The van der Waals surface area contributed by atoms with Crippen molar-refractivity contribution >= 4 is 33.0 Å². The van der Waals surface area contributed by atoms with Crippen LogP contribution in [0.15, 0.2) is 22.3 Å². The zero-order valence-corrected chi connectivity index (χ0v) is 15.6. The van der Waals surface area contributed by atoms with Crippen molar-refractivity contribution in [3.63, 3.8) is 0 Å². The SMILES string of the molecule is CCN(CC)CCNC(=O)Cn1nc(C)n2c(cc3sccc32)c1=O. The molecule has 1 N–H and O–H groups in total. The summed E-state index contributed by atoms with van der Waals surface area (Å²) in [5, 5.41) is 9.17. The Bertz CT molecular complexity index is 951. The number of amides is 1. The Morgan fingerprint density at radius 1 is 1.32 bits per heavy atom. The molecular formula is C17H23N5O2S. The minimum atomic E-state index is -0.243. The highest BCUT2D eigenvalue weighted by Gasteiger charge is 2.14. The Hall–Kier alpha value is -2.19. The first-order valence-corrected chi connectivity index (χ1v) is 9.38. The number of hydrogen-bond acceptors (Lipinski definition) is 5. The zero-order chi connectivity index (χ0) is 18.0. The summed E-state index contributed by atoms with van der Waals surface area (Å²) < 4.78 is 4.15. The molecule has 0 atom stereocenters. The molecule has 0 aliphatic rings. The summed E-state index contributed by atoms with van der Waals surface area (Å²) in [5.41, 5.74) is 1.30. The molecule has 134 valence electrons. The maximum absolute atomic E-state index is 12.7. The average molecular weight is 361 g/mol. The fraction of sp³-hybridized carbons (Fsp3) is 0.471. The summed E-state index contributed by atoms with van der Waals surface area (Å²) in [7, 11) is 0. The monoisotopic (exact) mass is 361 g/mol. The zero-order valence-electron chi connectivity index (χ0n) is 14.8. The van der Waals surface area contributed by atoms with E-state index in [1.54, 1.807) is 11.3 Å². The van der Waals surface area contributed by atoms with Gasteiger partial charge in [-0.15, -0.1) is 11.3 Å². The van der Waals surface area contributed by atoms with E-state index < -0.39 is 0 Å². The van der Waals surface area contributed by atoms with Crippen LogP contribution < -0.4 is 10.9 Å². The smallest absolute Gasteiger partial charge is 0.291 e. The van der Waals surface area contributed by atoms with Gasteiger partial charge in [0.15, 0.2) is 0 Å². The number of carbonyl (C=O) groups is 1. The number of nitrogens with one attached hydrogen (secondary N) is 1. The molecule has 3 rings (SSSR count). The lowest BCUT2D eigenvalue weighted by atomic mass is 10.4. The molecule has 0 unspecified atom stereocenters. The molecule has 7 nitrogen and oxygen atoms in total. The summed E-state index contributed by atoms with van der Waals surface area (Å²) >= 11 is 1.59. The van der Waals surface area contributed by atoms with Crippen molar-refractivity contribution in [2.75, 3.05) is 26.2 Å². The quantitative estimate of drug-likeness (QED) is 0.692. The van der Waals surface area contributed by atoms with Gasteiger partial charge in [0.1, 0.15) is 17.9 Å². The normalized spacial score (nSPS) is 11.7. The number of carbonyl (C=O) groups excluding carboxylic acids is 1. The summed E-state index contributed by atoms with van der Waals surface area (Å²) in [5.74, 6) is 0.498. The highest BCUT2D eigenvalue weighted by molar-refractivity contribution is 7.17. The van der Waals surface area contributed by atoms with Gasteiger partial charge in [-0.25, -0.2) is 4.68 Å². The molecule has 0 spiro atoms. The largest absolute Gasteiger partial charge is 0.353 e. The molecule has 0 aliphatic heterocycles. The number of hydrogen-bond donors (Lipinski definition) is 1. The van der Waals surface area contributed by atoms with E-state index >= 15 is 0 Å². The van der Waals surface area contributed by atoms with Gasteiger partial charge in [0.05, 0.1) is 10.2 Å². The molecule has 0 aromatic carbocycles. The van der Waals surface area contributed by atoms with Gasteiger partial charge in [-0.1, -0.05) is 13.8 Å². The predicted octanol–water partition coefficient (Wildman–Crippen LogP) is 1.48. The first kappa shape index (κ1) is 17.6. The molecule has 0 radical (unpaired) electrons. The van der Waals surface area contributed by atoms with Crippen LogP contribution in [0.2, 0.25) is 0 Å². The molecule has 0 bridgehead atoms. The van der Waals surface area contributed by atoms with Crippen molar-refractivity contribution in [3.8, 4) is 0 Å². The number of rotatable bonds is 7. The Balaban J connectivity index is 1.76. The van der Waals surface area contributed by atoms with E-state index in [-0.39, 0.29) is 18.0 Å². The number of aryl methyl sites for hydroxylation is 1. The van der Waals surface area contributed by atoms with Crippen LogP contribution in [-0.4, -0.2) is 51.2 Å². The number of likely N-dealkylation sites (N-methyl/N-ethyl adjacent to an activating group) is 1. The van der Waals surface area contributed by atoms with Gasteiger partial charge in [0.25, 0.3) is 5.56 Å². The first-order valence-electron chi connectivity index (χ1n) is 8.50. The molecule has 8 heteroatoms. The van der Waals surface area contributed by atoms with Crippen molar-refractivity contribution < 1.29 is 4.79 Å². The number of thiophene rings is 1. The van der Waals surface area contributed by atoms with Crippen LogP contribution in [0, 0.1) is 6.92 Å². The van der Waals surface area contributed by atoms with Gasteiger partial charge in [0.2, 0.25) is 5.91 Å². The van der Waals surface area contributed by atoms with Crippen molar-refractivity contribution in [3.05, 3.63) is 33.7 Å². The molecule has 0 saturated heterocycles. The highest BCUT2D eigenvalue weighted by Crippen LogP contribution is 2.24. The van der Waals surface area contributed by atoms with E-state index in [1.807, 2.05) is 28.8 Å². The molecule has 3 aromatic rings. The second-order valence-electron chi connectivity index (χ2n) is 5.92. The van der Waals surface area contributed by atoms with Crippen LogP contribution in [0.5, 0.6) is 0 Å². The summed E-state index contributed by atoms with van der Waals surface area (Å²) in [6.45, 7) is 9.24. The van der Waals surface area contributed by atoms with Crippen molar-refractivity contribution in [2.45, 2.75) is 27.3 Å². The van der Waals surface area contributed by atoms with Crippen LogP contribution in [0.3, 0.4) is 0 Å². The van der Waals surface area contributed by atoms with Gasteiger partial charge in [-0.2, -0.15) is 5.10 Å². The minimum Gasteiger partial charge on any atom is -0.353 e. The third-order valence-corrected chi connectivity index (χ3v) is 5.26. The maximum Gasteiger partial charge on any atom is 0.291 e. The highest BCUT2D eigenvalue weighted by atomic mass is 32.1. The maximum atomic E-state index is 12.7. The van der Waals surface area contributed by atoms with Crippen molar-refractivity contribution in [2.24, 2.45) is 0 Å². The van der Waals surface area contributed by atoms with Crippen LogP contribution >= 0.6 is 11.3 Å². The third-order valence-electron chi connectivity index (χ3n) is 4.40. The Kier molecular flexibility index (Phi) is 5.19. The summed E-state index contributed by atoms with van der Waals surface area (Å²) in [6.07, 6.45) is 0. The fourth-order valence-corrected chi connectivity index (χ4v) is 3.82. The Labute approximate surface area is 149 Å². The lowest BCUT2D eigenvalue weighted by Gasteiger charge is -2.18. The molecule has 3 heterocycles. The van der Waals surface area contributed by atoms with E-state index in [2.05, 4.69) is 29.2 Å². The second kappa shape index (κ2) is 7.37. The number of nitrogens with zero attached hydrogens (tertiary/aromatic N) is 4. The minimum absolute atomic E-state index is 0.0622. The molecule has 1 amide bonds. The van der Waals surface area contributed by atoms with E-state index in [4.69, 9.17) is 0 Å². The van der Waals surface area contributed by atoms with Crippen LogP contribution in [0.4, 0.5) is 0 Å². The van der Waals surface area contributed by atoms with E-state index in [0.29, 0.717) is 17.9 Å². The molecule has 0 saturated carbocycles. The topological polar surface area (TPSA) is 71.6 Å². The fourth-order valence-electron chi connectivity index (χ4n) is 3.02. The van der Waals surface area contributed by atoms with Crippen molar-refractivity contribution in [1.82, 2.24) is 24.4 Å². The van der Waals surface area contributed by atoms with Gasteiger partial charge >= 0.3 is 0 Å². The standard InChI is InChI=1S/C17H23N5O2S/c1-4-20(5-2)8-7-18-16(23)11-21-17(24)14-10-15-13(6-9-25-15)22(14)12(3)19-21/h6,9-10H,4-5,7-8,11H2,1-3H3,(H,18,23). The van der Waals surface area contributed by atoms with Crippen LogP contribution in [0.25, 0.3) is 15.7 Å². The van der Waals surface area contributed by atoms with Crippen molar-refractivity contribution in [1.29, 1.82) is 0 Å². The van der Waals surface area contributed by atoms with E-state index in [1.165, 1.54) is 4.68 Å². The van der Waals surface area contributed by atoms with Crippen LogP contribution in [0.1, 0.15) is 19.7 Å². The third kappa shape index (κ3) is 3.45. The molecular weight excluding hydrogens is 338 g/mol. The predicted molar refractivity (Wildman–Crippen MR) is 100 cm³/mol. The number of aromatic nitrogens is 3. The lowest BCUT2D eigenvalue weighted by Crippen LogP contribution is -2.38. The van der Waals surface area contributed by atoms with E-state index in [9.17, 15) is 9.59 Å². The molecule has 3 aromatic heterocycles. The Morgan fingerprint density at radius 3 is 2.80 bits per heavy atom. The lowest BCUT2D eigenvalue weighted by molar-refractivity contribution is -0.121. The molecule has 0 aliphatic carbocycles. The molecule has 0 fully saturated rings. The van der Waals surface area contributed by atoms with Gasteiger partial charge in [-0.05, 0) is 37.5 Å². The summed E-state index contributed by atoms with van der Waals surface area (Å²) in [6, 6.07) is 3.84. The average Bonchev–Trinajstić information content (AvgIpc) is 3.17. The second-order valence-corrected chi connectivity index (χ2v) is 6.87. The summed E-state index contributed by atoms with van der Waals surface area (Å²) in [4.78, 5) is 27.0. The van der Waals surface area contributed by atoms with E-state index in [0.717, 1.165) is 29.9 Å².